The Balaban J connectivity index is 2.23. The molecule has 280 valence electrons. The molecule has 0 aromatic heterocycles. The van der Waals surface area contributed by atoms with Gasteiger partial charge in [-0.25, -0.2) is 0 Å². The lowest BCUT2D eigenvalue weighted by Gasteiger charge is -2.39. The average Bonchev–Trinajstić information content (AvgIpc) is 3.07. The van der Waals surface area contributed by atoms with Crippen molar-refractivity contribution in [2.75, 3.05) is 26.4 Å². The molecule has 0 saturated carbocycles. The summed E-state index contributed by atoms with van der Waals surface area (Å²) < 4.78 is 22.6. The number of aliphatic hydroxyl groups excluding tert-OH is 4. The summed E-state index contributed by atoms with van der Waals surface area (Å²) >= 11 is 0. The molecule has 1 heterocycles. The van der Waals surface area contributed by atoms with Crippen LogP contribution in [0.5, 0.6) is 0 Å². The Morgan fingerprint density at radius 2 is 1.04 bits per heavy atom. The molecule has 1 aliphatic rings. The molecule has 9 heteroatoms. The summed E-state index contributed by atoms with van der Waals surface area (Å²) in [5, 5.41) is 39.8. The van der Waals surface area contributed by atoms with E-state index in [0.29, 0.717) is 13.0 Å². The van der Waals surface area contributed by atoms with Crippen LogP contribution >= 0.6 is 0 Å². The van der Waals surface area contributed by atoms with Gasteiger partial charge in [-0.05, 0) is 12.8 Å². The van der Waals surface area contributed by atoms with Crippen LogP contribution < -0.4 is 0 Å². The number of ether oxygens (including phenoxy) is 4. The topological polar surface area (TPSA) is 135 Å². The molecule has 0 radical (unpaired) electrons. The van der Waals surface area contributed by atoms with Crippen LogP contribution in [0.2, 0.25) is 0 Å². The van der Waals surface area contributed by atoms with Gasteiger partial charge in [0.1, 0.15) is 30.5 Å². The monoisotopic (exact) mass is 675 g/mol. The van der Waals surface area contributed by atoms with Gasteiger partial charge < -0.3 is 39.4 Å². The first-order valence-electron chi connectivity index (χ1n) is 19.6. The number of carbonyl (C=O) groups excluding carboxylic acids is 1. The lowest BCUT2D eigenvalue weighted by atomic mass is 9.99. The van der Waals surface area contributed by atoms with Gasteiger partial charge in [-0.3, -0.25) is 4.79 Å². The number of rotatable bonds is 33. The molecule has 0 bridgehead atoms. The van der Waals surface area contributed by atoms with E-state index in [1.165, 1.54) is 122 Å². The summed E-state index contributed by atoms with van der Waals surface area (Å²) in [4.78, 5) is 12.6. The van der Waals surface area contributed by atoms with Crippen LogP contribution in [0.3, 0.4) is 0 Å². The summed E-state index contributed by atoms with van der Waals surface area (Å²) in [7, 11) is 0. The standard InChI is InChI=1S/C38H74O9/c1-3-5-7-9-11-12-13-14-15-16-17-18-19-20-22-24-26-28-44-30-32(46-34(40)27-25-23-21-10-8-6-4-2)31-45-38-37(43)36(42)35(41)33(29-39)47-38/h32-33,35-39,41-43H,3-31H2,1-2H3. The van der Waals surface area contributed by atoms with E-state index < -0.39 is 43.4 Å². The molecule has 6 unspecified atom stereocenters. The Kier molecular flexibility index (Phi) is 29.3. The zero-order valence-corrected chi connectivity index (χ0v) is 30.3. The highest BCUT2D eigenvalue weighted by atomic mass is 16.7. The SMILES string of the molecule is CCCCCCCCCCCCCCCCCCCOCC(COC1OC(CO)C(O)C(O)C1O)OC(=O)CCCCCCCCC. The molecule has 47 heavy (non-hydrogen) atoms. The fourth-order valence-electron chi connectivity index (χ4n) is 6.14. The summed E-state index contributed by atoms with van der Waals surface area (Å²) in [5.41, 5.74) is 0. The molecule has 9 nitrogen and oxygen atoms in total. The zero-order valence-electron chi connectivity index (χ0n) is 30.3. The fraction of sp³-hybridized carbons (Fsp3) is 0.974. The van der Waals surface area contributed by atoms with Crippen LogP contribution in [0.1, 0.15) is 174 Å². The van der Waals surface area contributed by atoms with Gasteiger partial charge >= 0.3 is 5.97 Å². The highest BCUT2D eigenvalue weighted by Crippen LogP contribution is 2.22. The highest BCUT2D eigenvalue weighted by Gasteiger charge is 2.44. The van der Waals surface area contributed by atoms with Gasteiger partial charge in [0.25, 0.3) is 0 Å². The summed E-state index contributed by atoms with van der Waals surface area (Å²) in [6.07, 6.45) is 22.9. The minimum Gasteiger partial charge on any atom is -0.457 e. The van der Waals surface area contributed by atoms with Crippen molar-refractivity contribution < 1.29 is 44.2 Å². The second kappa shape index (κ2) is 31.2. The van der Waals surface area contributed by atoms with Crippen LogP contribution in [0.25, 0.3) is 0 Å². The Hall–Kier alpha value is -0.810. The first kappa shape index (κ1) is 44.2. The van der Waals surface area contributed by atoms with Crippen LogP contribution in [0, 0.1) is 0 Å². The van der Waals surface area contributed by atoms with Crippen molar-refractivity contribution in [1.29, 1.82) is 0 Å². The predicted molar refractivity (Wildman–Crippen MR) is 187 cm³/mol. The van der Waals surface area contributed by atoms with E-state index in [-0.39, 0.29) is 19.2 Å². The molecule has 1 fully saturated rings. The Morgan fingerprint density at radius 3 is 1.51 bits per heavy atom. The van der Waals surface area contributed by atoms with Crippen molar-refractivity contribution in [2.45, 2.75) is 211 Å². The Labute approximate surface area is 287 Å². The molecule has 4 N–H and O–H groups in total. The van der Waals surface area contributed by atoms with Gasteiger partial charge in [-0.15, -0.1) is 0 Å². The average molecular weight is 675 g/mol. The minimum atomic E-state index is -1.53. The second-order valence-electron chi connectivity index (χ2n) is 13.7. The van der Waals surface area contributed by atoms with E-state index >= 15 is 0 Å². The number of hydrogen-bond acceptors (Lipinski definition) is 9. The van der Waals surface area contributed by atoms with E-state index in [2.05, 4.69) is 13.8 Å². The van der Waals surface area contributed by atoms with Crippen molar-refractivity contribution >= 4 is 5.97 Å². The Bertz CT molecular complexity index is 692. The predicted octanol–water partition coefficient (Wildman–Crippen LogP) is 7.52. The summed E-state index contributed by atoms with van der Waals surface area (Å²) in [6.45, 7) is 4.53. The molecule has 0 spiro atoms. The van der Waals surface area contributed by atoms with Gasteiger partial charge in [0, 0.05) is 13.0 Å². The number of unbranched alkanes of at least 4 members (excludes halogenated alkanes) is 22. The van der Waals surface area contributed by atoms with Gasteiger partial charge in [0.2, 0.25) is 0 Å². The fourth-order valence-corrected chi connectivity index (χ4v) is 6.14. The first-order valence-corrected chi connectivity index (χ1v) is 19.6. The molecule has 0 aromatic carbocycles. The lowest BCUT2D eigenvalue weighted by Crippen LogP contribution is -2.59. The minimum absolute atomic E-state index is 0.107. The Morgan fingerprint density at radius 1 is 0.596 bits per heavy atom. The van der Waals surface area contributed by atoms with Gasteiger partial charge in [-0.1, -0.05) is 155 Å². The van der Waals surface area contributed by atoms with Crippen LogP contribution in [-0.2, 0) is 23.7 Å². The second-order valence-corrected chi connectivity index (χ2v) is 13.7. The number of hydrogen-bond donors (Lipinski definition) is 4. The molecule has 1 saturated heterocycles. The van der Waals surface area contributed by atoms with Crippen LogP contribution in [0.4, 0.5) is 0 Å². The van der Waals surface area contributed by atoms with Crippen molar-refractivity contribution in [3.8, 4) is 0 Å². The smallest absolute Gasteiger partial charge is 0.306 e. The molecule has 0 aromatic rings. The molecule has 1 rings (SSSR count). The van der Waals surface area contributed by atoms with Crippen molar-refractivity contribution in [3.05, 3.63) is 0 Å². The van der Waals surface area contributed by atoms with Crippen LogP contribution in [0.15, 0.2) is 0 Å². The van der Waals surface area contributed by atoms with Gasteiger partial charge in [-0.2, -0.15) is 0 Å². The van der Waals surface area contributed by atoms with Crippen LogP contribution in [-0.4, -0.2) is 89.6 Å². The molecular formula is C38H74O9. The maximum absolute atomic E-state index is 12.6. The van der Waals surface area contributed by atoms with E-state index in [1.807, 2.05) is 0 Å². The van der Waals surface area contributed by atoms with E-state index in [9.17, 15) is 25.2 Å². The molecule has 0 aliphatic carbocycles. The van der Waals surface area contributed by atoms with E-state index in [4.69, 9.17) is 18.9 Å². The zero-order chi connectivity index (χ0) is 34.4. The number of esters is 1. The summed E-state index contributed by atoms with van der Waals surface area (Å²) in [5.74, 6) is -0.317. The third kappa shape index (κ3) is 23.3. The quantitative estimate of drug-likeness (QED) is 0.0412. The molecule has 0 amide bonds. The first-order chi connectivity index (χ1) is 22.9. The third-order valence-electron chi connectivity index (χ3n) is 9.27. The van der Waals surface area contributed by atoms with Gasteiger partial charge in [0.15, 0.2) is 6.29 Å². The largest absolute Gasteiger partial charge is 0.457 e. The normalized spacial score (nSPS) is 22.0. The van der Waals surface area contributed by atoms with E-state index in [1.54, 1.807) is 0 Å². The molecule has 1 aliphatic heterocycles. The molecular weight excluding hydrogens is 600 g/mol. The number of aliphatic hydroxyl groups is 4. The van der Waals surface area contributed by atoms with Crippen molar-refractivity contribution in [2.24, 2.45) is 0 Å². The lowest BCUT2D eigenvalue weighted by molar-refractivity contribution is -0.305. The molecule has 6 atom stereocenters. The number of carbonyl (C=O) groups is 1. The van der Waals surface area contributed by atoms with E-state index in [0.717, 1.165) is 32.1 Å². The summed E-state index contributed by atoms with van der Waals surface area (Å²) in [6, 6.07) is 0. The third-order valence-corrected chi connectivity index (χ3v) is 9.27. The maximum Gasteiger partial charge on any atom is 0.306 e. The van der Waals surface area contributed by atoms with Crippen molar-refractivity contribution in [3.63, 3.8) is 0 Å². The maximum atomic E-state index is 12.6. The highest BCUT2D eigenvalue weighted by molar-refractivity contribution is 5.69. The van der Waals surface area contributed by atoms with Crippen molar-refractivity contribution in [1.82, 2.24) is 0 Å². The van der Waals surface area contributed by atoms with Gasteiger partial charge in [0.05, 0.1) is 19.8 Å².